The van der Waals surface area contributed by atoms with Gasteiger partial charge in [0.15, 0.2) is 0 Å². The maximum absolute atomic E-state index is 11.8. The Morgan fingerprint density at radius 1 is 1.44 bits per heavy atom. The largest absolute Gasteiger partial charge is 0.481 e. The first-order valence-electron chi connectivity index (χ1n) is 6.71. The molecule has 3 N–H and O–H groups in total. The van der Waals surface area contributed by atoms with Gasteiger partial charge in [-0.25, -0.2) is 0 Å². The number of hydrogen-bond acceptors (Lipinski definition) is 3. The van der Waals surface area contributed by atoms with E-state index in [9.17, 15) is 9.59 Å². The summed E-state index contributed by atoms with van der Waals surface area (Å²) in [5.74, 6) is -0.165. The zero-order valence-electron chi connectivity index (χ0n) is 11.2. The minimum atomic E-state index is -0.867. The number of carbonyl (C=O) groups is 2. The minimum Gasteiger partial charge on any atom is -0.481 e. The van der Waals surface area contributed by atoms with Crippen LogP contribution in [0.1, 0.15) is 39.5 Å². The van der Waals surface area contributed by atoms with Gasteiger partial charge < -0.3 is 15.7 Å². The molecule has 18 heavy (non-hydrogen) atoms. The van der Waals surface area contributed by atoms with Crippen LogP contribution in [-0.4, -0.2) is 36.1 Å². The van der Waals surface area contributed by atoms with Crippen LogP contribution in [0, 0.1) is 11.8 Å². The van der Waals surface area contributed by atoms with Gasteiger partial charge in [0.05, 0.1) is 6.42 Å². The van der Waals surface area contributed by atoms with Crippen molar-refractivity contribution in [1.82, 2.24) is 10.6 Å². The number of amides is 1. The van der Waals surface area contributed by atoms with Gasteiger partial charge in [-0.1, -0.05) is 13.8 Å². The van der Waals surface area contributed by atoms with Gasteiger partial charge in [-0.2, -0.15) is 0 Å². The van der Waals surface area contributed by atoms with E-state index < -0.39 is 5.97 Å². The first-order chi connectivity index (χ1) is 8.49. The first kappa shape index (κ1) is 15.0. The van der Waals surface area contributed by atoms with E-state index in [0.717, 1.165) is 25.9 Å². The molecule has 5 heteroatoms. The first-order valence-corrected chi connectivity index (χ1v) is 6.71. The van der Waals surface area contributed by atoms with Crippen molar-refractivity contribution in [2.45, 2.75) is 45.6 Å². The lowest BCUT2D eigenvalue weighted by Crippen LogP contribution is -2.40. The van der Waals surface area contributed by atoms with Crippen LogP contribution in [0.15, 0.2) is 0 Å². The third kappa shape index (κ3) is 5.49. The number of hydrogen-bond donors (Lipinski definition) is 3. The van der Waals surface area contributed by atoms with Gasteiger partial charge >= 0.3 is 5.97 Å². The summed E-state index contributed by atoms with van der Waals surface area (Å²) < 4.78 is 0. The van der Waals surface area contributed by atoms with Crippen molar-refractivity contribution < 1.29 is 14.7 Å². The molecule has 0 bridgehead atoms. The number of nitrogens with one attached hydrogen (secondary N) is 2. The van der Waals surface area contributed by atoms with Crippen LogP contribution in [0.4, 0.5) is 0 Å². The van der Waals surface area contributed by atoms with E-state index in [-0.39, 0.29) is 24.3 Å². The van der Waals surface area contributed by atoms with Crippen molar-refractivity contribution in [2.24, 2.45) is 11.8 Å². The van der Waals surface area contributed by atoms with Gasteiger partial charge in [-0.05, 0) is 37.8 Å². The van der Waals surface area contributed by atoms with Crippen LogP contribution in [0.3, 0.4) is 0 Å². The molecule has 1 fully saturated rings. The third-order valence-corrected chi connectivity index (χ3v) is 3.49. The van der Waals surface area contributed by atoms with Gasteiger partial charge in [-0.3, -0.25) is 9.59 Å². The number of carboxylic acid groups (broad SMARTS) is 1. The molecule has 1 heterocycles. The molecule has 0 aromatic carbocycles. The van der Waals surface area contributed by atoms with Gasteiger partial charge in [-0.15, -0.1) is 0 Å². The van der Waals surface area contributed by atoms with Gasteiger partial charge in [0.2, 0.25) is 5.91 Å². The zero-order valence-corrected chi connectivity index (χ0v) is 11.2. The fourth-order valence-electron chi connectivity index (χ4n) is 2.22. The highest BCUT2D eigenvalue weighted by Crippen LogP contribution is 2.14. The van der Waals surface area contributed by atoms with Crippen molar-refractivity contribution in [3.63, 3.8) is 0 Å². The minimum absolute atomic E-state index is 0.00556. The molecule has 1 aliphatic heterocycles. The summed E-state index contributed by atoms with van der Waals surface area (Å²) in [5, 5.41) is 14.9. The molecule has 0 aromatic heterocycles. The maximum atomic E-state index is 11.8. The lowest BCUT2D eigenvalue weighted by Gasteiger charge is -2.21. The fourth-order valence-corrected chi connectivity index (χ4v) is 2.22. The summed E-state index contributed by atoms with van der Waals surface area (Å²) in [6, 6.07) is -0.267. The SMILES string of the molecule is CC(C)C(CC(=O)O)NC(=O)CCC1CCNC1. The predicted molar refractivity (Wildman–Crippen MR) is 69.2 cm³/mol. The Kier molecular flexibility index (Phi) is 6.12. The number of carbonyl (C=O) groups excluding carboxylic acids is 1. The molecule has 104 valence electrons. The lowest BCUT2D eigenvalue weighted by molar-refractivity contribution is -0.138. The van der Waals surface area contributed by atoms with Crippen molar-refractivity contribution in [1.29, 1.82) is 0 Å². The smallest absolute Gasteiger partial charge is 0.305 e. The summed E-state index contributed by atoms with van der Waals surface area (Å²) in [6.07, 6.45) is 2.51. The average Bonchev–Trinajstić information content (AvgIpc) is 2.77. The molecule has 0 spiro atoms. The molecule has 5 nitrogen and oxygen atoms in total. The predicted octanol–water partition coefficient (Wildman–Crippen LogP) is 0.992. The van der Waals surface area contributed by atoms with E-state index in [1.165, 1.54) is 0 Å². The standard InChI is InChI=1S/C13H24N2O3/c1-9(2)11(7-13(17)18)15-12(16)4-3-10-5-6-14-8-10/h9-11,14H,3-8H2,1-2H3,(H,15,16)(H,17,18). The molecule has 0 aliphatic carbocycles. The molecule has 1 amide bonds. The molecule has 2 atom stereocenters. The van der Waals surface area contributed by atoms with E-state index >= 15 is 0 Å². The Hall–Kier alpha value is -1.10. The Morgan fingerprint density at radius 3 is 2.67 bits per heavy atom. The van der Waals surface area contributed by atoms with E-state index in [1.807, 2.05) is 13.8 Å². The molecule has 0 radical (unpaired) electrons. The highest BCUT2D eigenvalue weighted by molar-refractivity contribution is 5.77. The summed E-state index contributed by atoms with van der Waals surface area (Å²) in [4.78, 5) is 22.5. The van der Waals surface area contributed by atoms with Crippen molar-refractivity contribution >= 4 is 11.9 Å². The Balaban J connectivity index is 2.28. The van der Waals surface area contributed by atoms with Crippen LogP contribution in [0.2, 0.25) is 0 Å². The van der Waals surface area contributed by atoms with Crippen LogP contribution in [0.25, 0.3) is 0 Å². The Bertz CT molecular complexity index is 286. The second kappa shape index (κ2) is 7.36. The number of aliphatic carboxylic acids is 1. The molecule has 2 unspecified atom stereocenters. The van der Waals surface area contributed by atoms with E-state index in [1.54, 1.807) is 0 Å². The second-order valence-electron chi connectivity index (χ2n) is 5.41. The molecule has 1 aliphatic rings. The second-order valence-corrected chi connectivity index (χ2v) is 5.41. The third-order valence-electron chi connectivity index (χ3n) is 3.49. The summed E-state index contributed by atoms with van der Waals surface area (Å²) in [5.41, 5.74) is 0. The van der Waals surface area contributed by atoms with E-state index in [0.29, 0.717) is 12.3 Å². The van der Waals surface area contributed by atoms with Crippen LogP contribution in [0.5, 0.6) is 0 Å². The summed E-state index contributed by atoms with van der Waals surface area (Å²) in [6.45, 7) is 5.89. The molecular formula is C13H24N2O3. The molecular weight excluding hydrogens is 232 g/mol. The molecule has 0 aromatic rings. The van der Waals surface area contributed by atoms with Crippen LogP contribution < -0.4 is 10.6 Å². The summed E-state index contributed by atoms with van der Waals surface area (Å²) >= 11 is 0. The molecule has 1 saturated heterocycles. The van der Waals surface area contributed by atoms with Gasteiger partial charge in [0, 0.05) is 12.5 Å². The van der Waals surface area contributed by atoms with Crippen molar-refractivity contribution in [3.05, 3.63) is 0 Å². The van der Waals surface area contributed by atoms with Crippen LogP contribution in [-0.2, 0) is 9.59 Å². The topological polar surface area (TPSA) is 78.4 Å². The highest BCUT2D eigenvalue weighted by Gasteiger charge is 2.20. The number of rotatable bonds is 7. The quantitative estimate of drug-likeness (QED) is 0.635. The lowest BCUT2D eigenvalue weighted by atomic mass is 9.99. The Labute approximate surface area is 108 Å². The van der Waals surface area contributed by atoms with E-state index in [4.69, 9.17) is 5.11 Å². The molecule has 1 rings (SSSR count). The summed E-state index contributed by atoms with van der Waals surface area (Å²) in [7, 11) is 0. The zero-order chi connectivity index (χ0) is 13.5. The highest BCUT2D eigenvalue weighted by atomic mass is 16.4. The fraction of sp³-hybridized carbons (Fsp3) is 0.846. The van der Waals surface area contributed by atoms with Crippen LogP contribution >= 0.6 is 0 Å². The van der Waals surface area contributed by atoms with E-state index in [2.05, 4.69) is 10.6 Å². The number of carboxylic acids is 1. The maximum Gasteiger partial charge on any atom is 0.305 e. The van der Waals surface area contributed by atoms with Crippen molar-refractivity contribution in [2.75, 3.05) is 13.1 Å². The monoisotopic (exact) mass is 256 g/mol. The molecule has 0 saturated carbocycles. The normalized spacial score (nSPS) is 20.9. The van der Waals surface area contributed by atoms with Gasteiger partial charge in [0.1, 0.15) is 0 Å². The van der Waals surface area contributed by atoms with Gasteiger partial charge in [0.25, 0.3) is 0 Å². The Morgan fingerprint density at radius 2 is 2.17 bits per heavy atom. The average molecular weight is 256 g/mol. The van der Waals surface area contributed by atoms with Crippen molar-refractivity contribution in [3.8, 4) is 0 Å².